The van der Waals surface area contributed by atoms with Gasteiger partial charge in [-0.15, -0.1) is 0 Å². The Morgan fingerprint density at radius 3 is 2.29 bits per heavy atom. The third-order valence-corrected chi connectivity index (χ3v) is 7.30. The molecule has 0 aliphatic carbocycles. The van der Waals surface area contributed by atoms with Crippen molar-refractivity contribution in [3.63, 3.8) is 0 Å². The fourth-order valence-corrected chi connectivity index (χ4v) is 5.20. The van der Waals surface area contributed by atoms with Gasteiger partial charge in [0.15, 0.2) is 0 Å². The van der Waals surface area contributed by atoms with Crippen molar-refractivity contribution < 1.29 is 22.4 Å². The van der Waals surface area contributed by atoms with Gasteiger partial charge in [0.1, 0.15) is 10.7 Å². The van der Waals surface area contributed by atoms with Crippen LogP contribution < -0.4 is 11.1 Å². The Balaban J connectivity index is 1.67. The Morgan fingerprint density at radius 1 is 1.06 bits per heavy atom. The molecule has 1 atom stereocenters. The van der Waals surface area contributed by atoms with E-state index < -0.39 is 27.9 Å². The van der Waals surface area contributed by atoms with E-state index in [1.807, 2.05) is 0 Å². The summed E-state index contributed by atoms with van der Waals surface area (Å²) >= 11 is 6.19. The zero-order valence-corrected chi connectivity index (χ0v) is 18.1. The minimum absolute atomic E-state index is 0.0302. The first-order valence-corrected chi connectivity index (χ1v) is 11.3. The van der Waals surface area contributed by atoms with E-state index in [2.05, 4.69) is 5.32 Å². The summed E-state index contributed by atoms with van der Waals surface area (Å²) in [5.41, 5.74) is 5.80. The highest BCUT2D eigenvalue weighted by Crippen LogP contribution is 2.26. The summed E-state index contributed by atoms with van der Waals surface area (Å²) in [6.07, 6.45) is -0.0905. The standard InChI is InChI=1S/C20H22ClFN4O4S/c21-15-6-2-1-5-14(15)17(24-20(23)28)13-19(27)25-9-11-26(12-10-25)31(29,30)18-8-4-3-7-16(18)22/h1-8,17H,9-13H2,(H3,23,24,28)/t17-/m1/s1. The highest BCUT2D eigenvalue weighted by molar-refractivity contribution is 7.89. The molecule has 1 fully saturated rings. The summed E-state index contributed by atoms with van der Waals surface area (Å²) < 4.78 is 40.5. The number of amides is 3. The summed E-state index contributed by atoms with van der Waals surface area (Å²) in [4.78, 5) is 25.3. The second-order valence-electron chi connectivity index (χ2n) is 7.00. The predicted molar refractivity (Wildman–Crippen MR) is 113 cm³/mol. The van der Waals surface area contributed by atoms with Crippen molar-refractivity contribution >= 4 is 33.6 Å². The second kappa shape index (κ2) is 9.63. The summed E-state index contributed by atoms with van der Waals surface area (Å²) in [7, 11) is -4.00. The zero-order valence-electron chi connectivity index (χ0n) is 16.5. The van der Waals surface area contributed by atoms with E-state index in [-0.39, 0.29) is 43.4 Å². The smallest absolute Gasteiger partial charge is 0.312 e. The molecule has 0 unspecified atom stereocenters. The molecule has 0 bridgehead atoms. The Labute approximate surface area is 184 Å². The molecule has 0 radical (unpaired) electrons. The van der Waals surface area contributed by atoms with Crippen LogP contribution >= 0.6 is 11.6 Å². The first kappa shape index (κ1) is 23.0. The van der Waals surface area contributed by atoms with Crippen LogP contribution in [0.15, 0.2) is 53.4 Å². The van der Waals surface area contributed by atoms with Crippen molar-refractivity contribution in [1.82, 2.24) is 14.5 Å². The predicted octanol–water partition coefficient (Wildman–Crippen LogP) is 2.11. The van der Waals surface area contributed by atoms with Gasteiger partial charge >= 0.3 is 6.03 Å². The molecule has 3 rings (SSSR count). The third kappa shape index (κ3) is 5.33. The number of carbonyl (C=O) groups excluding carboxylic acids is 2. The first-order chi connectivity index (χ1) is 14.7. The fourth-order valence-electron chi connectivity index (χ4n) is 3.44. The molecule has 3 amide bonds. The Morgan fingerprint density at radius 2 is 1.68 bits per heavy atom. The van der Waals surface area contributed by atoms with E-state index in [4.69, 9.17) is 17.3 Å². The number of primary amides is 1. The Bertz CT molecular complexity index is 1070. The van der Waals surface area contributed by atoms with Crippen molar-refractivity contribution in [2.45, 2.75) is 17.4 Å². The van der Waals surface area contributed by atoms with Crippen molar-refractivity contribution in [3.8, 4) is 0 Å². The molecule has 1 saturated heterocycles. The van der Waals surface area contributed by atoms with Crippen molar-refractivity contribution in [1.29, 1.82) is 0 Å². The maximum Gasteiger partial charge on any atom is 0.312 e. The number of hydrogen-bond acceptors (Lipinski definition) is 4. The number of benzene rings is 2. The lowest BCUT2D eigenvalue weighted by Gasteiger charge is -2.34. The van der Waals surface area contributed by atoms with Gasteiger partial charge in [-0.1, -0.05) is 41.9 Å². The molecule has 2 aromatic carbocycles. The molecule has 8 nitrogen and oxygen atoms in total. The minimum Gasteiger partial charge on any atom is -0.352 e. The number of halogens is 2. The van der Waals surface area contributed by atoms with Crippen molar-refractivity contribution in [2.75, 3.05) is 26.2 Å². The highest BCUT2D eigenvalue weighted by atomic mass is 35.5. The van der Waals surface area contributed by atoms with Crippen LogP contribution in [0.1, 0.15) is 18.0 Å². The van der Waals surface area contributed by atoms with E-state index in [9.17, 15) is 22.4 Å². The molecule has 11 heteroatoms. The molecule has 3 N–H and O–H groups in total. The number of carbonyl (C=O) groups is 2. The summed E-state index contributed by atoms with van der Waals surface area (Å²) in [5.74, 6) is -1.11. The van der Waals surface area contributed by atoms with Crippen LogP contribution in [0.2, 0.25) is 5.02 Å². The molecule has 1 aliphatic rings. The Hall–Kier alpha value is -2.69. The topological polar surface area (TPSA) is 113 Å². The second-order valence-corrected chi connectivity index (χ2v) is 9.32. The van der Waals surface area contributed by atoms with Gasteiger partial charge in [-0.05, 0) is 23.8 Å². The van der Waals surface area contributed by atoms with Crippen LogP contribution in [0.4, 0.5) is 9.18 Å². The van der Waals surface area contributed by atoms with Gasteiger partial charge in [-0.2, -0.15) is 4.31 Å². The molecule has 0 spiro atoms. The fraction of sp³-hybridized carbons (Fsp3) is 0.300. The largest absolute Gasteiger partial charge is 0.352 e. The molecular formula is C20H22ClFN4O4S. The SMILES string of the molecule is NC(=O)N[C@H](CC(=O)N1CCN(S(=O)(=O)c2ccccc2F)CC1)c1ccccc1Cl. The Kier molecular flexibility index (Phi) is 7.14. The maximum absolute atomic E-state index is 14.0. The van der Waals surface area contributed by atoms with E-state index in [0.29, 0.717) is 10.6 Å². The minimum atomic E-state index is -4.00. The number of hydrogen-bond donors (Lipinski definition) is 2. The van der Waals surface area contributed by atoms with Crippen LogP contribution in [-0.2, 0) is 14.8 Å². The molecule has 0 aromatic heterocycles. The molecule has 166 valence electrons. The molecule has 2 aromatic rings. The van der Waals surface area contributed by atoms with Gasteiger partial charge < -0.3 is 16.0 Å². The summed E-state index contributed by atoms with van der Waals surface area (Å²) in [6, 6.07) is 10.4. The van der Waals surface area contributed by atoms with E-state index in [1.54, 1.807) is 24.3 Å². The normalized spacial score (nSPS) is 16.0. The van der Waals surface area contributed by atoms with Crippen LogP contribution in [0, 0.1) is 5.82 Å². The van der Waals surface area contributed by atoms with Crippen molar-refractivity contribution in [2.24, 2.45) is 5.73 Å². The molecular weight excluding hydrogens is 447 g/mol. The number of urea groups is 1. The van der Waals surface area contributed by atoms with Gasteiger partial charge in [0.2, 0.25) is 15.9 Å². The van der Waals surface area contributed by atoms with E-state index in [1.165, 1.54) is 23.1 Å². The lowest BCUT2D eigenvalue weighted by atomic mass is 10.0. The lowest BCUT2D eigenvalue weighted by molar-refractivity contribution is -0.132. The molecule has 1 heterocycles. The quantitative estimate of drug-likeness (QED) is 0.676. The van der Waals surface area contributed by atoms with Gasteiger partial charge in [-0.25, -0.2) is 17.6 Å². The lowest BCUT2D eigenvalue weighted by Crippen LogP contribution is -2.51. The van der Waals surface area contributed by atoms with Gasteiger partial charge in [0, 0.05) is 31.2 Å². The average Bonchev–Trinajstić information content (AvgIpc) is 2.73. The zero-order chi connectivity index (χ0) is 22.6. The van der Waals surface area contributed by atoms with Gasteiger partial charge in [-0.3, -0.25) is 4.79 Å². The van der Waals surface area contributed by atoms with Crippen LogP contribution in [0.25, 0.3) is 0 Å². The van der Waals surface area contributed by atoms with Gasteiger partial charge in [0.25, 0.3) is 0 Å². The molecule has 0 saturated carbocycles. The number of nitrogens with one attached hydrogen (secondary N) is 1. The van der Waals surface area contributed by atoms with Gasteiger partial charge in [0.05, 0.1) is 12.5 Å². The first-order valence-electron chi connectivity index (χ1n) is 9.53. The molecule has 1 aliphatic heterocycles. The monoisotopic (exact) mass is 468 g/mol. The van der Waals surface area contributed by atoms with Crippen LogP contribution in [-0.4, -0.2) is 55.7 Å². The number of rotatable bonds is 6. The summed E-state index contributed by atoms with van der Waals surface area (Å²) in [6.45, 7) is 0.335. The number of nitrogens with two attached hydrogens (primary N) is 1. The number of piperazine rings is 1. The number of nitrogens with zero attached hydrogens (tertiary/aromatic N) is 2. The van der Waals surface area contributed by atoms with Crippen LogP contribution in [0.3, 0.4) is 0 Å². The molecule has 31 heavy (non-hydrogen) atoms. The number of sulfonamides is 1. The van der Waals surface area contributed by atoms with Crippen molar-refractivity contribution in [3.05, 3.63) is 64.9 Å². The maximum atomic E-state index is 14.0. The highest BCUT2D eigenvalue weighted by Gasteiger charge is 2.32. The summed E-state index contributed by atoms with van der Waals surface area (Å²) in [5, 5.41) is 2.91. The average molecular weight is 469 g/mol. The van der Waals surface area contributed by atoms with Crippen LogP contribution in [0.5, 0.6) is 0 Å². The third-order valence-electron chi connectivity index (χ3n) is 5.02. The van der Waals surface area contributed by atoms with E-state index in [0.717, 1.165) is 10.4 Å². The van der Waals surface area contributed by atoms with E-state index >= 15 is 0 Å².